The second kappa shape index (κ2) is 10.4. The van der Waals surface area contributed by atoms with Crippen LogP contribution in [0, 0.1) is 17.1 Å². The van der Waals surface area contributed by atoms with Crippen LogP contribution in [0.4, 0.5) is 28.0 Å². The van der Waals surface area contributed by atoms with E-state index in [-0.39, 0.29) is 12.2 Å². The Hall–Kier alpha value is -3.84. The van der Waals surface area contributed by atoms with Crippen molar-refractivity contribution in [3.8, 4) is 28.3 Å². The molecule has 2 amide bonds. The summed E-state index contributed by atoms with van der Waals surface area (Å²) in [4.78, 5) is 13.6. The average molecular weight is 513 g/mol. The lowest BCUT2D eigenvalue weighted by Crippen LogP contribution is -2.29. The number of nitrogens with zero attached hydrogens (tertiary/aromatic N) is 3. The Bertz CT molecular complexity index is 1360. The number of alkyl halides is 3. The van der Waals surface area contributed by atoms with Crippen LogP contribution in [0.3, 0.4) is 0 Å². The molecule has 0 atom stereocenters. The summed E-state index contributed by atoms with van der Waals surface area (Å²) in [7, 11) is 0. The molecule has 36 heavy (non-hydrogen) atoms. The number of amides is 2. The third-order valence-corrected chi connectivity index (χ3v) is 6.39. The predicted molar refractivity (Wildman–Crippen MR) is 132 cm³/mol. The molecule has 184 valence electrons. The highest BCUT2D eigenvalue weighted by Gasteiger charge is 2.40. The van der Waals surface area contributed by atoms with Crippen LogP contribution in [0.15, 0.2) is 70.7 Å². The highest BCUT2D eigenvalue weighted by Crippen LogP contribution is 2.35. The number of carbonyl (C=O) groups is 1. The summed E-state index contributed by atoms with van der Waals surface area (Å²) < 4.78 is 53.8. The van der Waals surface area contributed by atoms with Gasteiger partial charge in [0, 0.05) is 22.4 Å². The normalized spacial score (nSPS) is 13.3. The number of nitrogens with one attached hydrogen (secondary N) is 1. The Morgan fingerprint density at radius 2 is 1.78 bits per heavy atom. The fraction of sp³-hybridized carbons (Fsp3) is 0.192. The number of anilines is 1. The Balaban J connectivity index is 1.72. The topological polar surface area (TPSA) is 68.5 Å². The van der Waals surface area contributed by atoms with Crippen molar-refractivity contribution in [1.82, 2.24) is 5.01 Å². The molecule has 10 heteroatoms. The lowest BCUT2D eigenvalue weighted by Gasteiger charge is -2.17. The SMILES string of the molecule is CCSc1ccc(-c2ccc(-c3ccc(C#N)cc3)c(NC(=O)N3CCC(C(F)(F)F)=N3)c2)c(F)c1. The van der Waals surface area contributed by atoms with Gasteiger partial charge in [-0.15, -0.1) is 11.8 Å². The predicted octanol–water partition coefficient (Wildman–Crippen LogP) is 7.30. The third-order valence-electron chi connectivity index (χ3n) is 5.51. The van der Waals surface area contributed by atoms with Gasteiger partial charge in [-0.3, -0.25) is 0 Å². The van der Waals surface area contributed by atoms with Gasteiger partial charge in [-0.25, -0.2) is 14.2 Å². The Morgan fingerprint density at radius 3 is 2.39 bits per heavy atom. The van der Waals surface area contributed by atoms with Crippen molar-refractivity contribution in [3.05, 3.63) is 72.0 Å². The molecular weight excluding hydrogens is 492 g/mol. The third kappa shape index (κ3) is 5.52. The summed E-state index contributed by atoms with van der Waals surface area (Å²) in [5.74, 6) is 0.360. The highest BCUT2D eigenvalue weighted by atomic mass is 32.2. The van der Waals surface area contributed by atoms with E-state index in [0.29, 0.717) is 27.8 Å². The first kappa shape index (κ1) is 25.3. The molecule has 1 aliphatic heterocycles. The number of thioether (sulfide) groups is 1. The van der Waals surface area contributed by atoms with Crippen molar-refractivity contribution in [3.63, 3.8) is 0 Å². The number of urea groups is 1. The molecule has 0 bridgehead atoms. The van der Waals surface area contributed by atoms with Gasteiger partial charge in [0.05, 0.1) is 23.9 Å². The van der Waals surface area contributed by atoms with E-state index in [1.54, 1.807) is 54.6 Å². The standard InChI is InChI=1S/C26H20F4N4OS/c1-2-36-19-8-10-20(22(27)14-19)18-7-9-21(17-5-3-16(15-31)4-6-17)23(13-18)32-25(35)34-12-11-24(33-34)26(28,29)30/h3-10,13-14H,2,11-12H2,1H3,(H,32,35). The summed E-state index contributed by atoms with van der Waals surface area (Å²) in [5, 5.41) is 15.9. The molecule has 3 aromatic carbocycles. The quantitative estimate of drug-likeness (QED) is 0.288. The maximum Gasteiger partial charge on any atom is 0.431 e. The number of hydrogen-bond donors (Lipinski definition) is 1. The smallest absolute Gasteiger partial charge is 0.306 e. The van der Waals surface area contributed by atoms with Gasteiger partial charge in [0.25, 0.3) is 0 Å². The van der Waals surface area contributed by atoms with Crippen LogP contribution in [-0.2, 0) is 0 Å². The summed E-state index contributed by atoms with van der Waals surface area (Å²) >= 11 is 1.51. The van der Waals surface area contributed by atoms with Gasteiger partial charge in [0.2, 0.25) is 0 Å². The Morgan fingerprint density at radius 1 is 1.08 bits per heavy atom. The van der Waals surface area contributed by atoms with Crippen molar-refractivity contribution in [1.29, 1.82) is 5.26 Å². The van der Waals surface area contributed by atoms with Crippen LogP contribution in [0.1, 0.15) is 18.9 Å². The highest BCUT2D eigenvalue weighted by molar-refractivity contribution is 7.99. The van der Waals surface area contributed by atoms with E-state index in [1.165, 1.54) is 17.8 Å². The molecule has 0 unspecified atom stereocenters. The molecule has 0 aliphatic carbocycles. The molecule has 0 aromatic heterocycles. The largest absolute Gasteiger partial charge is 0.431 e. The molecule has 5 nitrogen and oxygen atoms in total. The van der Waals surface area contributed by atoms with E-state index in [9.17, 15) is 22.4 Å². The summed E-state index contributed by atoms with van der Waals surface area (Å²) in [6.45, 7) is 1.76. The molecule has 1 aliphatic rings. The number of rotatable bonds is 5. The minimum absolute atomic E-state index is 0.211. The lowest BCUT2D eigenvalue weighted by atomic mass is 9.97. The second-order valence-corrected chi connectivity index (χ2v) is 9.21. The van der Waals surface area contributed by atoms with E-state index in [1.807, 2.05) is 13.0 Å². The van der Waals surface area contributed by atoms with Crippen LogP contribution in [0.5, 0.6) is 0 Å². The maximum atomic E-state index is 14.9. The fourth-order valence-electron chi connectivity index (χ4n) is 3.76. The number of hydrogen-bond acceptors (Lipinski definition) is 4. The zero-order valence-electron chi connectivity index (χ0n) is 19.1. The molecular formula is C26H20F4N4OS. The zero-order valence-corrected chi connectivity index (χ0v) is 19.9. The molecule has 0 fully saturated rings. The summed E-state index contributed by atoms with van der Waals surface area (Å²) in [6.07, 6.45) is -5.00. The number of carbonyl (C=O) groups excluding carboxylic acids is 1. The molecule has 1 N–H and O–H groups in total. The van der Waals surface area contributed by atoms with E-state index >= 15 is 0 Å². The Labute approximate surface area is 209 Å². The van der Waals surface area contributed by atoms with Gasteiger partial charge in [-0.2, -0.15) is 23.5 Å². The van der Waals surface area contributed by atoms with Crippen molar-refractivity contribution in [2.24, 2.45) is 5.10 Å². The molecule has 1 heterocycles. The molecule has 0 spiro atoms. The number of hydrazone groups is 1. The average Bonchev–Trinajstić information content (AvgIpc) is 3.36. The van der Waals surface area contributed by atoms with Crippen LogP contribution in [0.2, 0.25) is 0 Å². The van der Waals surface area contributed by atoms with Crippen molar-refractivity contribution in [2.45, 2.75) is 24.4 Å². The van der Waals surface area contributed by atoms with Crippen LogP contribution in [-0.4, -0.2) is 35.2 Å². The first-order valence-corrected chi connectivity index (χ1v) is 12.0. The van der Waals surface area contributed by atoms with Gasteiger partial charge in [0.1, 0.15) is 11.5 Å². The van der Waals surface area contributed by atoms with Crippen molar-refractivity contribution >= 4 is 29.2 Å². The monoisotopic (exact) mass is 512 g/mol. The van der Waals surface area contributed by atoms with Gasteiger partial charge in [-0.1, -0.05) is 37.3 Å². The van der Waals surface area contributed by atoms with Crippen molar-refractivity contribution in [2.75, 3.05) is 17.6 Å². The molecule has 0 radical (unpaired) electrons. The van der Waals surface area contributed by atoms with Crippen LogP contribution in [0.25, 0.3) is 22.3 Å². The maximum absolute atomic E-state index is 14.9. The zero-order chi connectivity index (χ0) is 25.9. The molecule has 3 aromatic rings. The number of halogens is 4. The lowest BCUT2D eigenvalue weighted by molar-refractivity contribution is -0.0600. The fourth-order valence-corrected chi connectivity index (χ4v) is 4.44. The first-order valence-electron chi connectivity index (χ1n) is 11.0. The van der Waals surface area contributed by atoms with E-state index in [0.717, 1.165) is 15.7 Å². The van der Waals surface area contributed by atoms with Crippen molar-refractivity contribution < 1.29 is 22.4 Å². The van der Waals surface area contributed by atoms with E-state index in [4.69, 9.17) is 5.26 Å². The number of nitriles is 1. The van der Waals surface area contributed by atoms with Crippen LogP contribution >= 0.6 is 11.8 Å². The van der Waals surface area contributed by atoms with Gasteiger partial charge in [0.15, 0.2) is 0 Å². The minimum Gasteiger partial charge on any atom is -0.306 e. The second-order valence-electron chi connectivity index (χ2n) is 7.87. The number of benzene rings is 3. The Kier molecular flexibility index (Phi) is 7.31. The minimum atomic E-state index is -4.61. The van der Waals surface area contributed by atoms with E-state index in [2.05, 4.69) is 10.4 Å². The first-order chi connectivity index (χ1) is 17.2. The summed E-state index contributed by atoms with van der Waals surface area (Å²) in [5.41, 5.74) is 1.69. The summed E-state index contributed by atoms with van der Waals surface area (Å²) in [6, 6.07) is 17.6. The molecule has 4 rings (SSSR count). The van der Waals surface area contributed by atoms with Crippen LogP contribution < -0.4 is 5.32 Å². The van der Waals surface area contributed by atoms with Gasteiger partial charge >= 0.3 is 12.2 Å². The molecule has 0 saturated heterocycles. The van der Waals surface area contributed by atoms with Gasteiger partial charge in [-0.05, 0) is 47.2 Å². The molecule has 0 saturated carbocycles. The van der Waals surface area contributed by atoms with Gasteiger partial charge < -0.3 is 5.32 Å². The van der Waals surface area contributed by atoms with E-state index < -0.39 is 30.2 Å².